The van der Waals surface area contributed by atoms with Crippen molar-refractivity contribution in [2.75, 3.05) is 13.7 Å². The van der Waals surface area contributed by atoms with Crippen molar-refractivity contribution in [3.8, 4) is 5.75 Å². The van der Waals surface area contributed by atoms with E-state index in [1.54, 1.807) is 31.2 Å². The number of methoxy groups -OCH3 is 1. The number of benzene rings is 1. The van der Waals surface area contributed by atoms with Crippen LogP contribution in [0.4, 0.5) is 4.79 Å². The molecular formula is C11H14N2O4. The van der Waals surface area contributed by atoms with Crippen LogP contribution in [-0.2, 0) is 4.74 Å². The lowest BCUT2D eigenvalue weighted by atomic mass is 10.2. The Morgan fingerprint density at radius 3 is 2.35 bits per heavy atom. The number of hydrogen-bond acceptors (Lipinski definition) is 4. The van der Waals surface area contributed by atoms with E-state index in [4.69, 9.17) is 4.74 Å². The Hall–Kier alpha value is -2.24. The van der Waals surface area contributed by atoms with Gasteiger partial charge in [-0.15, -0.1) is 0 Å². The molecule has 1 aromatic rings. The van der Waals surface area contributed by atoms with Crippen molar-refractivity contribution in [1.82, 2.24) is 10.9 Å². The van der Waals surface area contributed by atoms with Gasteiger partial charge >= 0.3 is 6.09 Å². The molecule has 0 atom stereocenters. The van der Waals surface area contributed by atoms with E-state index in [0.29, 0.717) is 11.3 Å². The van der Waals surface area contributed by atoms with Gasteiger partial charge in [0.1, 0.15) is 5.75 Å². The average molecular weight is 238 g/mol. The van der Waals surface area contributed by atoms with Gasteiger partial charge in [0.15, 0.2) is 0 Å². The van der Waals surface area contributed by atoms with Gasteiger partial charge in [-0.05, 0) is 31.2 Å². The smallest absolute Gasteiger partial charge is 0.426 e. The first-order chi connectivity index (χ1) is 8.17. The quantitative estimate of drug-likeness (QED) is 0.773. The number of amides is 2. The monoisotopic (exact) mass is 238 g/mol. The highest BCUT2D eigenvalue weighted by Gasteiger charge is 2.07. The van der Waals surface area contributed by atoms with Gasteiger partial charge in [-0.2, -0.15) is 0 Å². The predicted octanol–water partition coefficient (Wildman–Crippen LogP) is 1.09. The molecule has 6 nitrogen and oxygen atoms in total. The van der Waals surface area contributed by atoms with Gasteiger partial charge in [0.2, 0.25) is 0 Å². The van der Waals surface area contributed by atoms with Gasteiger partial charge < -0.3 is 9.47 Å². The van der Waals surface area contributed by atoms with E-state index in [9.17, 15) is 9.59 Å². The van der Waals surface area contributed by atoms with E-state index < -0.39 is 12.0 Å². The maximum absolute atomic E-state index is 11.5. The maximum atomic E-state index is 11.5. The van der Waals surface area contributed by atoms with Crippen LogP contribution in [0.5, 0.6) is 5.75 Å². The summed E-state index contributed by atoms with van der Waals surface area (Å²) in [6.45, 7) is 1.91. The molecule has 0 radical (unpaired) electrons. The largest absolute Gasteiger partial charge is 0.497 e. The summed E-state index contributed by atoms with van der Waals surface area (Å²) in [4.78, 5) is 22.4. The van der Waals surface area contributed by atoms with Crippen molar-refractivity contribution in [3.63, 3.8) is 0 Å². The number of hydrazine groups is 1. The van der Waals surface area contributed by atoms with Crippen LogP contribution >= 0.6 is 0 Å². The zero-order valence-corrected chi connectivity index (χ0v) is 9.65. The van der Waals surface area contributed by atoms with Gasteiger partial charge in [0, 0.05) is 5.56 Å². The van der Waals surface area contributed by atoms with E-state index >= 15 is 0 Å². The third-order valence-corrected chi connectivity index (χ3v) is 1.91. The van der Waals surface area contributed by atoms with Gasteiger partial charge in [-0.25, -0.2) is 10.2 Å². The molecule has 0 aliphatic heterocycles. The van der Waals surface area contributed by atoms with Gasteiger partial charge in [-0.1, -0.05) is 0 Å². The highest BCUT2D eigenvalue weighted by atomic mass is 16.6. The van der Waals surface area contributed by atoms with Crippen LogP contribution in [0.1, 0.15) is 17.3 Å². The van der Waals surface area contributed by atoms with E-state index in [1.807, 2.05) is 0 Å². The van der Waals surface area contributed by atoms with Gasteiger partial charge in [0.25, 0.3) is 5.91 Å². The zero-order valence-electron chi connectivity index (χ0n) is 9.65. The Labute approximate surface area is 98.9 Å². The molecule has 1 aromatic carbocycles. The van der Waals surface area contributed by atoms with Crippen LogP contribution in [0, 0.1) is 0 Å². The SMILES string of the molecule is CCOC(=O)NNC(=O)c1ccc(OC)cc1. The number of hydrogen-bond donors (Lipinski definition) is 2. The van der Waals surface area contributed by atoms with Crippen molar-refractivity contribution in [3.05, 3.63) is 29.8 Å². The Morgan fingerprint density at radius 1 is 1.18 bits per heavy atom. The summed E-state index contributed by atoms with van der Waals surface area (Å²) in [5, 5.41) is 0. The molecule has 17 heavy (non-hydrogen) atoms. The molecule has 6 heteroatoms. The topological polar surface area (TPSA) is 76.7 Å². The number of rotatable bonds is 3. The number of nitrogens with one attached hydrogen (secondary N) is 2. The van der Waals surface area contributed by atoms with E-state index in [1.165, 1.54) is 7.11 Å². The van der Waals surface area contributed by atoms with Crippen LogP contribution in [0.25, 0.3) is 0 Å². The fourth-order valence-electron chi connectivity index (χ4n) is 1.09. The fraction of sp³-hybridized carbons (Fsp3) is 0.273. The van der Waals surface area contributed by atoms with Crippen molar-refractivity contribution in [1.29, 1.82) is 0 Å². The third kappa shape index (κ3) is 4.02. The van der Waals surface area contributed by atoms with Crippen molar-refractivity contribution >= 4 is 12.0 Å². The summed E-state index contributed by atoms with van der Waals surface area (Å²) in [5.41, 5.74) is 4.74. The molecule has 2 amide bonds. The molecular weight excluding hydrogens is 224 g/mol. The summed E-state index contributed by atoms with van der Waals surface area (Å²) in [6, 6.07) is 6.47. The van der Waals surface area contributed by atoms with E-state index in [-0.39, 0.29) is 6.61 Å². The standard InChI is InChI=1S/C11H14N2O4/c1-3-17-11(15)13-12-10(14)8-4-6-9(16-2)7-5-8/h4-7H,3H2,1-2H3,(H,12,14)(H,13,15). The predicted molar refractivity (Wildman–Crippen MR) is 60.6 cm³/mol. The minimum atomic E-state index is -0.700. The second-order valence-electron chi connectivity index (χ2n) is 3.03. The molecule has 0 spiro atoms. The first-order valence-corrected chi connectivity index (χ1v) is 5.04. The first-order valence-electron chi connectivity index (χ1n) is 5.04. The van der Waals surface area contributed by atoms with Crippen LogP contribution < -0.4 is 15.6 Å². The molecule has 0 bridgehead atoms. The van der Waals surface area contributed by atoms with Crippen LogP contribution in [0.3, 0.4) is 0 Å². The zero-order chi connectivity index (χ0) is 12.7. The third-order valence-electron chi connectivity index (χ3n) is 1.91. The summed E-state index contributed by atoms with van der Waals surface area (Å²) in [6.07, 6.45) is -0.700. The molecule has 1 rings (SSSR count). The highest BCUT2D eigenvalue weighted by molar-refractivity contribution is 5.94. The summed E-state index contributed by atoms with van der Waals surface area (Å²) < 4.78 is 9.54. The minimum Gasteiger partial charge on any atom is -0.497 e. The molecule has 0 saturated heterocycles. The number of carbonyl (C=O) groups is 2. The van der Waals surface area contributed by atoms with Crippen LogP contribution in [0.15, 0.2) is 24.3 Å². The molecule has 0 aromatic heterocycles. The Bertz CT molecular complexity index is 389. The summed E-state index contributed by atoms with van der Waals surface area (Å²) in [7, 11) is 1.54. The molecule has 2 N–H and O–H groups in total. The molecule has 0 aliphatic carbocycles. The van der Waals surface area contributed by atoms with Crippen LogP contribution in [0.2, 0.25) is 0 Å². The van der Waals surface area contributed by atoms with Crippen molar-refractivity contribution in [2.24, 2.45) is 0 Å². The summed E-state index contributed by atoms with van der Waals surface area (Å²) >= 11 is 0. The molecule has 92 valence electrons. The lowest BCUT2D eigenvalue weighted by molar-refractivity contribution is 0.0912. The highest BCUT2D eigenvalue weighted by Crippen LogP contribution is 2.10. The first kappa shape index (κ1) is 12.8. The van der Waals surface area contributed by atoms with Crippen LogP contribution in [-0.4, -0.2) is 25.7 Å². The minimum absolute atomic E-state index is 0.240. The average Bonchev–Trinajstić information content (AvgIpc) is 2.36. The molecule has 0 aliphatic rings. The Kier molecular flexibility index (Phi) is 4.80. The van der Waals surface area contributed by atoms with Crippen molar-refractivity contribution in [2.45, 2.75) is 6.92 Å². The maximum Gasteiger partial charge on any atom is 0.426 e. The second kappa shape index (κ2) is 6.37. The van der Waals surface area contributed by atoms with Gasteiger partial charge in [0.05, 0.1) is 13.7 Å². The summed E-state index contributed by atoms with van der Waals surface area (Å²) in [5.74, 6) is 0.223. The molecule has 0 unspecified atom stereocenters. The Balaban J connectivity index is 2.49. The molecule has 0 heterocycles. The normalized spacial score (nSPS) is 9.29. The van der Waals surface area contributed by atoms with Gasteiger partial charge in [-0.3, -0.25) is 10.2 Å². The lowest BCUT2D eigenvalue weighted by Crippen LogP contribution is -2.41. The molecule has 0 saturated carbocycles. The Morgan fingerprint density at radius 2 is 1.82 bits per heavy atom. The fourth-order valence-corrected chi connectivity index (χ4v) is 1.09. The van der Waals surface area contributed by atoms with E-state index in [2.05, 4.69) is 15.6 Å². The molecule has 0 fully saturated rings. The van der Waals surface area contributed by atoms with Crippen molar-refractivity contribution < 1.29 is 19.1 Å². The second-order valence-corrected chi connectivity index (χ2v) is 3.03. The number of ether oxygens (including phenoxy) is 2. The van der Waals surface area contributed by atoms with E-state index in [0.717, 1.165) is 0 Å². The number of carbonyl (C=O) groups excluding carboxylic acids is 2. The lowest BCUT2D eigenvalue weighted by Gasteiger charge is -2.07.